The van der Waals surface area contributed by atoms with Crippen LogP contribution >= 0.6 is 0 Å². The Morgan fingerprint density at radius 3 is 2.56 bits per heavy atom. The van der Waals surface area contributed by atoms with E-state index >= 15 is 0 Å². The van der Waals surface area contributed by atoms with E-state index in [1.165, 1.54) is 0 Å². The van der Waals surface area contributed by atoms with E-state index in [1.807, 2.05) is 36.4 Å². The number of aromatic nitrogens is 2. The van der Waals surface area contributed by atoms with Gasteiger partial charge in [-0.25, -0.2) is 0 Å². The highest BCUT2D eigenvalue weighted by atomic mass is 16.5. The third kappa shape index (κ3) is 4.84. The second-order valence-electron chi connectivity index (χ2n) is 5.83. The van der Waals surface area contributed by atoms with Gasteiger partial charge in [-0.15, -0.1) is 10.2 Å². The summed E-state index contributed by atoms with van der Waals surface area (Å²) in [6, 6.07) is 15.0. The molecule has 0 radical (unpaired) electrons. The fourth-order valence-corrected chi connectivity index (χ4v) is 2.60. The lowest BCUT2D eigenvalue weighted by atomic mass is 10.1. The fraction of sp³-hybridized carbons (Fsp3) is 0.250. The molecule has 27 heavy (non-hydrogen) atoms. The van der Waals surface area contributed by atoms with Crippen LogP contribution in [0, 0.1) is 0 Å². The number of hydrogen-bond acceptors (Lipinski definition) is 6. The van der Waals surface area contributed by atoms with Crippen LogP contribution in [0.15, 0.2) is 52.9 Å². The molecule has 2 aromatic carbocycles. The number of hydrogen-bond donors (Lipinski definition) is 1. The summed E-state index contributed by atoms with van der Waals surface area (Å²) in [6.07, 6.45) is 0.719. The average Bonchev–Trinajstić information content (AvgIpc) is 3.17. The second-order valence-corrected chi connectivity index (χ2v) is 5.83. The van der Waals surface area contributed by atoms with Crippen molar-refractivity contribution in [2.45, 2.75) is 12.8 Å². The van der Waals surface area contributed by atoms with Crippen molar-refractivity contribution in [1.82, 2.24) is 15.5 Å². The van der Waals surface area contributed by atoms with Crippen molar-refractivity contribution in [3.63, 3.8) is 0 Å². The topological polar surface area (TPSA) is 86.5 Å². The van der Waals surface area contributed by atoms with Crippen molar-refractivity contribution >= 4 is 5.91 Å². The third-order valence-corrected chi connectivity index (χ3v) is 3.96. The highest BCUT2D eigenvalue weighted by molar-refractivity contribution is 5.78. The first-order chi connectivity index (χ1) is 13.2. The number of carbonyl (C=O) groups is 1. The maximum atomic E-state index is 12.1. The van der Waals surface area contributed by atoms with Crippen LogP contribution < -0.4 is 14.8 Å². The highest BCUT2D eigenvalue weighted by Gasteiger charge is 2.10. The van der Waals surface area contributed by atoms with Crippen molar-refractivity contribution in [3.05, 3.63) is 60.0 Å². The first-order valence-electron chi connectivity index (χ1n) is 8.55. The van der Waals surface area contributed by atoms with Gasteiger partial charge in [-0.05, 0) is 29.8 Å². The Morgan fingerprint density at radius 1 is 1.04 bits per heavy atom. The van der Waals surface area contributed by atoms with Crippen LogP contribution in [0.25, 0.3) is 11.5 Å². The van der Waals surface area contributed by atoms with E-state index in [1.54, 1.807) is 26.4 Å². The molecule has 0 fully saturated rings. The molecule has 7 nitrogen and oxygen atoms in total. The monoisotopic (exact) mass is 367 g/mol. The summed E-state index contributed by atoms with van der Waals surface area (Å²) in [5.41, 5.74) is 1.71. The molecule has 1 amide bonds. The summed E-state index contributed by atoms with van der Waals surface area (Å²) in [7, 11) is 3.14. The van der Waals surface area contributed by atoms with E-state index in [-0.39, 0.29) is 12.3 Å². The van der Waals surface area contributed by atoms with Gasteiger partial charge in [0.25, 0.3) is 0 Å². The molecular formula is C20H21N3O4. The number of amides is 1. The quantitative estimate of drug-likeness (QED) is 0.659. The Morgan fingerprint density at radius 2 is 1.81 bits per heavy atom. The minimum Gasteiger partial charge on any atom is -0.493 e. The van der Waals surface area contributed by atoms with Crippen LogP contribution in [0.2, 0.25) is 0 Å². The number of methoxy groups -OCH3 is 2. The zero-order chi connectivity index (χ0) is 19.1. The maximum Gasteiger partial charge on any atom is 0.247 e. The zero-order valence-electron chi connectivity index (χ0n) is 15.3. The number of nitrogens with one attached hydrogen (secondary N) is 1. The lowest BCUT2D eigenvalue weighted by molar-refractivity contribution is -0.120. The Bertz CT molecular complexity index is 893. The molecular weight excluding hydrogens is 346 g/mol. The van der Waals surface area contributed by atoms with Crippen LogP contribution in [-0.4, -0.2) is 36.9 Å². The summed E-state index contributed by atoms with van der Waals surface area (Å²) >= 11 is 0. The molecule has 0 aliphatic carbocycles. The SMILES string of the molecule is COc1ccc(CC(=O)NCCc2nnc(-c3ccccc3)o2)cc1OC. The molecule has 0 aliphatic rings. The zero-order valence-corrected chi connectivity index (χ0v) is 15.3. The van der Waals surface area contributed by atoms with Gasteiger partial charge in [0, 0.05) is 18.5 Å². The summed E-state index contributed by atoms with van der Waals surface area (Å²) < 4.78 is 16.1. The first-order valence-corrected chi connectivity index (χ1v) is 8.55. The normalized spacial score (nSPS) is 10.4. The number of nitrogens with zero attached hydrogens (tertiary/aromatic N) is 2. The van der Waals surface area contributed by atoms with E-state index in [0.717, 1.165) is 11.1 Å². The molecule has 3 aromatic rings. The standard InChI is InChI=1S/C20H21N3O4/c1-25-16-9-8-14(12-17(16)26-2)13-18(24)21-11-10-19-22-23-20(27-19)15-6-4-3-5-7-15/h3-9,12H,10-11,13H2,1-2H3,(H,21,24). The molecule has 1 N–H and O–H groups in total. The molecule has 0 bridgehead atoms. The fourth-order valence-electron chi connectivity index (χ4n) is 2.60. The number of benzene rings is 2. The average molecular weight is 367 g/mol. The van der Waals surface area contributed by atoms with Gasteiger partial charge in [0.1, 0.15) is 0 Å². The molecule has 0 saturated heterocycles. The van der Waals surface area contributed by atoms with Gasteiger partial charge < -0.3 is 19.2 Å². The number of rotatable bonds is 8. The molecule has 1 aromatic heterocycles. The van der Waals surface area contributed by atoms with E-state index in [4.69, 9.17) is 13.9 Å². The van der Waals surface area contributed by atoms with Gasteiger partial charge >= 0.3 is 0 Å². The highest BCUT2D eigenvalue weighted by Crippen LogP contribution is 2.27. The van der Waals surface area contributed by atoms with Crippen molar-refractivity contribution in [1.29, 1.82) is 0 Å². The Labute approximate surface area is 157 Å². The largest absolute Gasteiger partial charge is 0.493 e. The van der Waals surface area contributed by atoms with E-state index in [9.17, 15) is 4.79 Å². The van der Waals surface area contributed by atoms with E-state index < -0.39 is 0 Å². The summed E-state index contributed by atoms with van der Waals surface area (Å²) in [5, 5.41) is 10.9. The second kappa shape index (κ2) is 8.84. The lowest BCUT2D eigenvalue weighted by Gasteiger charge is -2.09. The van der Waals surface area contributed by atoms with Crippen molar-refractivity contribution in [2.75, 3.05) is 20.8 Å². The van der Waals surface area contributed by atoms with Crippen molar-refractivity contribution in [2.24, 2.45) is 0 Å². The number of ether oxygens (including phenoxy) is 2. The van der Waals surface area contributed by atoms with Crippen LogP contribution in [-0.2, 0) is 17.6 Å². The molecule has 1 heterocycles. The predicted molar refractivity (Wildman–Crippen MR) is 99.7 cm³/mol. The van der Waals surface area contributed by atoms with Gasteiger partial charge in [-0.1, -0.05) is 24.3 Å². The van der Waals surface area contributed by atoms with E-state index in [2.05, 4.69) is 15.5 Å². The minimum absolute atomic E-state index is 0.0926. The van der Waals surface area contributed by atoms with Gasteiger partial charge in [-0.2, -0.15) is 0 Å². The van der Waals surface area contributed by atoms with Crippen LogP contribution in [0.3, 0.4) is 0 Å². The predicted octanol–water partition coefficient (Wildman–Crippen LogP) is 2.66. The molecule has 0 spiro atoms. The molecule has 3 rings (SSSR count). The summed E-state index contributed by atoms with van der Waals surface area (Å²) in [5.74, 6) is 2.10. The van der Waals surface area contributed by atoms with Gasteiger partial charge in [0.15, 0.2) is 11.5 Å². The minimum atomic E-state index is -0.0926. The summed E-state index contributed by atoms with van der Waals surface area (Å²) in [4.78, 5) is 12.1. The Balaban J connectivity index is 1.49. The van der Waals surface area contributed by atoms with Crippen molar-refractivity contribution in [3.8, 4) is 23.0 Å². The molecule has 0 aliphatic heterocycles. The first kappa shape index (κ1) is 18.4. The Kier molecular flexibility index (Phi) is 6.04. The number of carbonyl (C=O) groups excluding carboxylic acids is 1. The van der Waals surface area contributed by atoms with E-state index in [0.29, 0.717) is 36.2 Å². The van der Waals surface area contributed by atoms with Gasteiger partial charge in [-0.3, -0.25) is 4.79 Å². The third-order valence-electron chi connectivity index (χ3n) is 3.96. The smallest absolute Gasteiger partial charge is 0.247 e. The molecule has 7 heteroatoms. The lowest BCUT2D eigenvalue weighted by Crippen LogP contribution is -2.27. The van der Waals surface area contributed by atoms with Crippen LogP contribution in [0.5, 0.6) is 11.5 Å². The molecule has 0 unspecified atom stereocenters. The van der Waals surface area contributed by atoms with Crippen LogP contribution in [0.1, 0.15) is 11.5 Å². The Hall–Kier alpha value is -3.35. The maximum absolute atomic E-state index is 12.1. The van der Waals surface area contributed by atoms with Gasteiger partial charge in [0.2, 0.25) is 17.7 Å². The summed E-state index contributed by atoms with van der Waals surface area (Å²) in [6.45, 7) is 0.419. The molecule has 0 saturated carbocycles. The molecule has 140 valence electrons. The van der Waals surface area contributed by atoms with Gasteiger partial charge in [0.05, 0.1) is 20.6 Å². The van der Waals surface area contributed by atoms with Crippen molar-refractivity contribution < 1.29 is 18.7 Å². The van der Waals surface area contributed by atoms with Crippen LogP contribution in [0.4, 0.5) is 0 Å². The molecule has 0 atom stereocenters.